The van der Waals surface area contributed by atoms with Crippen LogP contribution in [0.3, 0.4) is 0 Å². The van der Waals surface area contributed by atoms with Crippen molar-refractivity contribution in [3.8, 4) is 56.7 Å². The van der Waals surface area contributed by atoms with Crippen molar-refractivity contribution in [1.29, 1.82) is 0 Å². The van der Waals surface area contributed by atoms with E-state index < -0.39 is 0 Å². The number of fused-ring (bicyclic) bond motifs is 6. The van der Waals surface area contributed by atoms with E-state index in [0.29, 0.717) is 17.5 Å². The van der Waals surface area contributed by atoms with Crippen LogP contribution in [0.2, 0.25) is 0 Å². The van der Waals surface area contributed by atoms with Crippen molar-refractivity contribution < 1.29 is 0 Å². The molecule has 72 heavy (non-hydrogen) atoms. The van der Waals surface area contributed by atoms with Crippen LogP contribution in [0, 0.1) is 0 Å². The molecule has 0 unspecified atom stereocenters. The number of hydrogen-bond acceptors (Lipinski definition) is 4. The van der Waals surface area contributed by atoms with Crippen molar-refractivity contribution in [2.24, 2.45) is 0 Å². The summed E-state index contributed by atoms with van der Waals surface area (Å²) in [5.74, 6) is 1.84. The van der Waals surface area contributed by atoms with E-state index in [1.54, 1.807) is 0 Å². The zero-order valence-corrected chi connectivity index (χ0v) is 43.8. The summed E-state index contributed by atoms with van der Waals surface area (Å²) in [6.07, 6.45) is 3.97. The van der Waals surface area contributed by atoms with E-state index in [4.69, 9.17) is 19.9 Å². The molecule has 0 saturated heterocycles. The van der Waals surface area contributed by atoms with Crippen molar-refractivity contribution in [3.05, 3.63) is 192 Å². The Morgan fingerprint density at radius 2 is 0.681 bits per heavy atom. The summed E-state index contributed by atoms with van der Waals surface area (Å²) in [5.41, 5.74) is 16.5. The van der Waals surface area contributed by atoms with Crippen LogP contribution in [-0.2, 0) is 21.7 Å². The van der Waals surface area contributed by atoms with Gasteiger partial charge in [-0.3, -0.25) is 4.98 Å². The monoisotopic (exact) mass is 941 g/mol. The van der Waals surface area contributed by atoms with Crippen molar-refractivity contribution in [3.63, 3.8) is 0 Å². The first-order valence-corrected chi connectivity index (χ1v) is 25.4. The highest BCUT2D eigenvalue weighted by Crippen LogP contribution is 2.45. The van der Waals surface area contributed by atoms with Crippen LogP contribution in [0.5, 0.6) is 0 Å². The molecule has 7 aromatic carbocycles. The number of nitrogens with zero attached hydrogens (tertiary/aromatic N) is 6. The molecule has 6 nitrogen and oxygen atoms in total. The number of rotatable bonds is 6. The Morgan fingerprint density at radius 1 is 0.319 bits per heavy atom. The minimum atomic E-state index is -0.0334. The molecule has 11 aromatic rings. The lowest BCUT2D eigenvalue weighted by atomic mass is 9.85. The Labute approximate surface area is 424 Å². The summed E-state index contributed by atoms with van der Waals surface area (Å²) < 4.78 is 4.91. The first-order valence-electron chi connectivity index (χ1n) is 25.4. The molecule has 0 amide bonds. The lowest BCUT2D eigenvalue weighted by molar-refractivity contribution is 0.590. The van der Waals surface area contributed by atoms with Gasteiger partial charge >= 0.3 is 0 Å². The highest BCUT2D eigenvalue weighted by Gasteiger charge is 2.27. The van der Waals surface area contributed by atoms with E-state index in [-0.39, 0.29) is 21.7 Å². The Bertz CT molecular complexity index is 3680. The maximum absolute atomic E-state index is 5.26. The fourth-order valence-corrected chi connectivity index (χ4v) is 10.2. The lowest BCUT2D eigenvalue weighted by Gasteiger charge is -2.21. The molecular weight excluding hydrogens is 877 g/mol. The van der Waals surface area contributed by atoms with Gasteiger partial charge in [-0.2, -0.15) is 0 Å². The van der Waals surface area contributed by atoms with Crippen molar-refractivity contribution in [2.75, 3.05) is 0 Å². The molecule has 0 bridgehead atoms. The molecular formula is C66H64N6. The third-order valence-corrected chi connectivity index (χ3v) is 14.5. The van der Waals surface area contributed by atoms with Crippen molar-refractivity contribution in [1.82, 2.24) is 29.1 Å². The van der Waals surface area contributed by atoms with Crippen LogP contribution >= 0.6 is 0 Å². The Hall–Kier alpha value is -7.70. The van der Waals surface area contributed by atoms with Gasteiger partial charge in [-0.1, -0.05) is 168 Å². The summed E-state index contributed by atoms with van der Waals surface area (Å²) in [7, 11) is 0. The van der Waals surface area contributed by atoms with Gasteiger partial charge in [0, 0.05) is 55.6 Å². The minimum Gasteiger partial charge on any atom is -0.309 e. The topological polar surface area (TPSA) is 61.4 Å². The van der Waals surface area contributed by atoms with Gasteiger partial charge in [-0.05, 0) is 117 Å². The van der Waals surface area contributed by atoms with Crippen molar-refractivity contribution >= 4 is 43.6 Å². The quantitative estimate of drug-likeness (QED) is 0.167. The molecule has 0 aliphatic rings. The van der Waals surface area contributed by atoms with Crippen LogP contribution in [0.1, 0.15) is 105 Å². The molecule has 0 aliphatic carbocycles. The summed E-state index contributed by atoms with van der Waals surface area (Å²) >= 11 is 0. The van der Waals surface area contributed by atoms with E-state index in [1.165, 1.54) is 43.8 Å². The van der Waals surface area contributed by atoms with Gasteiger partial charge in [0.25, 0.3) is 0 Å². The molecule has 6 heteroatoms. The SMILES string of the molecule is CC(C)(C)c1ccc2c(c1)c1cc(C(C)(C)C)ccc1n2-c1ccc(-c2nc(-c3ccccc3)nc(-c3ccccc3)n2)cc1-c1ccncc1-n1c2ccc(C(C)(C)C)cc2c2cc(C(C)(C)C)ccc21. The van der Waals surface area contributed by atoms with Gasteiger partial charge in [-0.15, -0.1) is 0 Å². The van der Waals surface area contributed by atoms with E-state index >= 15 is 0 Å². The van der Waals surface area contributed by atoms with Crippen LogP contribution in [0.25, 0.3) is 100 Å². The first kappa shape index (κ1) is 46.7. The van der Waals surface area contributed by atoms with Gasteiger partial charge in [0.1, 0.15) is 0 Å². The largest absolute Gasteiger partial charge is 0.309 e. The molecule has 0 saturated carbocycles. The smallest absolute Gasteiger partial charge is 0.164 e. The first-order chi connectivity index (χ1) is 34.2. The predicted molar refractivity (Wildman–Crippen MR) is 303 cm³/mol. The summed E-state index contributed by atoms with van der Waals surface area (Å²) in [5, 5.41) is 4.92. The molecule has 4 aromatic heterocycles. The third kappa shape index (κ3) is 8.26. The Kier molecular flexibility index (Phi) is 11.0. The van der Waals surface area contributed by atoms with Gasteiger partial charge in [-0.25, -0.2) is 15.0 Å². The van der Waals surface area contributed by atoms with Gasteiger partial charge < -0.3 is 9.13 Å². The number of hydrogen-bond donors (Lipinski definition) is 0. The van der Waals surface area contributed by atoms with E-state index in [0.717, 1.165) is 61.3 Å². The van der Waals surface area contributed by atoms with E-state index in [1.807, 2.05) is 48.8 Å². The minimum absolute atomic E-state index is 0.0293. The second-order valence-electron chi connectivity index (χ2n) is 23.8. The fourth-order valence-electron chi connectivity index (χ4n) is 10.2. The summed E-state index contributed by atoms with van der Waals surface area (Å²) in [4.78, 5) is 20.5. The molecule has 358 valence electrons. The summed E-state index contributed by atoms with van der Waals surface area (Å²) in [6, 6.07) is 57.5. The van der Waals surface area contributed by atoms with Gasteiger partial charge in [0.05, 0.1) is 39.6 Å². The second-order valence-corrected chi connectivity index (χ2v) is 23.8. The number of pyridine rings is 1. The normalized spacial score (nSPS) is 12.7. The number of aromatic nitrogens is 6. The van der Waals surface area contributed by atoms with Crippen LogP contribution in [0.15, 0.2) is 170 Å². The Morgan fingerprint density at radius 3 is 1.06 bits per heavy atom. The standard InChI is InChI=1S/C66H64N6/c1-63(2,3)44-24-29-55-50(36-44)51-37-45(64(4,5)6)25-30-56(51)71(55)54-28-23-43(62-69-60(41-19-15-13-16-20-41)68-61(70-62)42-21-17-14-18-22-42)35-49(54)48-33-34-67-40-59(48)72-57-31-26-46(65(7,8)9)38-52(57)53-39-47(66(10,11)12)27-32-58(53)72/h13-40H,1-12H3. The molecule has 0 aliphatic heterocycles. The van der Waals surface area contributed by atoms with Crippen molar-refractivity contribution in [2.45, 2.75) is 105 Å². The lowest BCUT2D eigenvalue weighted by Crippen LogP contribution is -2.10. The summed E-state index contributed by atoms with van der Waals surface area (Å²) in [6.45, 7) is 27.5. The molecule has 11 rings (SSSR count). The van der Waals surface area contributed by atoms with Gasteiger partial charge in [0.15, 0.2) is 17.5 Å². The van der Waals surface area contributed by atoms with Crippen LogP contribution < -0.4 is 0 Å². The fraction of sp³-hybridized carbons (Fsp3) is 0.242. The molecule has 0 N–H and O–H groups in total. The zero-order valence-electron chi connectivity index (χ0n) is 43.8. The van der Waals surface area contributed by atoms with Gasteiger partial charge in [0.2, 0.25) is 0 Å². The van der Waals surface area contributed by atoms with E-state index in [2.05, 4.69) is 214 Å². The Balaban J connectivity index is 1.24. The highest BCUT2D eigenvalue weighted by atomic mass is 15.0. The maximum atomic E-state index is 5.26. The number of benzene rings is 7. The zero-order chi connectivity index (χ0) is 50.5. The highest BCUT2D eigenvalue weighted by molar-refractivity contribution is 6.12. The molecule has 0 atom stereocenters. The average molecular weight is 941 g/mol. The molecule has 0 fully saturated rings. The van der Waals surface area contributed by atoms with E-state index in [9.17, 15) is 0 Å². The second kappa shape index (κ2) is 17.0. The predicted octanol–water partition coefficient (Wildman–Crippen LogP) is 17.3. The van der Waals surface area contributed by atoms with Crippen LogP contribution in [0.4, 0.5) is 0 Å². The molecule has 4 heterocycles. The maximum Gasteiger partial charge on any atom is 0.164 e. The average Bonchev–Trinajstić information content (AvgIpc) is 3.87. The molecule has 0 spiro atoms. The third-order valence-electron chi connectivity index (χ3n) is 14.5. The van der Waals surface area contributed by atoms with Crippen LogP contribution in [-0.4, -0.2) is 29.1 Å². The molecule has 0 radical (unpaired) electrons.